The third-order valence-corrected chi connectivity index (χ3v) is 4.47. The molecule has 0 unspecified atom stereocenters. The van der Waals surface area contributed by atoms with E-state index in [1.54, 1.807) is 0 Å². The lowest BCUT2D eigenvalue weighted by atomic mass is 10.1. The number of benzene rings is 1. The van der Waals surface area contributed by atoms with E-state index in [1.807, 2.05) is 6.07 Å². The highest BCUT2D eigenvalue weighted by molar-refractivity contribution is 14.1. The summed E-state index contributed by atoms with van der Waals surface area (Å²) >= 11 is 2.41. The Bertz CT molecular complexity index is 397. The van der Waals surface area contributed by atoms with Crippen LogP contribution in [0.15, 0.2) is 18.2 Å². The van der Waals surface area contributed by atoms with Crippen LogP contribution >= 0.6 is 22.6 Å². The van der Waals surface area contributed by atoms with Crippen LogP contribution in [-0.2, 0) is 0 Å². The van der Waals surface area contributed by atoms with Crippen LogP contribution in [0.5, 0.6) is 0 Å². The summed E-state index contributed by atoms with van der Waals surface area (Å²) in [5.41, 5.74) is 8.09. The third kappa shape index (κ3) is 3.31. The van der Waals surface area contributed by atoms with Gasteiger partial charge in [0.1, 0.15) is 0 Å². The highest BCUT2D eigenvalue weighted by Gasteiger charge is 2.24. The maximum absolute atomic E-state index is 5.86. The molecule has 1 aromatic rings. The topological polar surface area (TPSA) is 29.3 Å². The van der Waals surface area contributed by atoms with E-state index in [2.05, 4.69) is 53.5 Å². The van der Waals surface area contributed by atoms with E-state index in [4.69, 9.17) is 5.73 Å². The summed E-state index contributed by atoms with van der Waals surface area (Å²) in [7, 11) is 0. The van der Waals surface area contributed by atoms with E-state index in [0.29, 0.717) is 5.92 Å². The van der Waals surface area contributed by atoms with Gasteiger partial charge in [0.15, 0.2) is 0 Å². The van der Waals surface area contributed by atoms with Crippen molar-refractivity contribution in [2.75, 3.05) is 17.2 Å². The Kier molecular flexibility index (Phi) is 4.76. The fourth-order valence-electron chi connectivity index (χ4n) is 2.81. The van der Waals surface area contributed by atoms with Crippen molar-refractivity contribution in [2.45, 2.75) is 45.6 Å². The minimum atomic E-state index is 0.693. The van der Waals surface area contributed by atoms with Crippen LogP contribution in [-0.4, -0.2) is 12.6 Å². The Morgan fingerprint density at radius 3 is 2.56 bits per heavy atom. The van der Waals surface area contributed by atoms with Gasteiger partial charge in [-0.2, -0.15) is 0 Å². The quantitative estimate of drug-likeness (QED) is 0.643. The molecule has 0 aliphatic heterocycles. The van der Waals surface area contributed by atoms with Gasteiger partial charge in [0.2, 0.25) is 0 Å². The molecule has 0 atom stereocenters. The van der Waals surface area contributed by atoms with Crippen LogP contribution in [0.3, 0.4) is 0 Å². The number of nitrogens with two attached hydrogens (primary N) is 1. The second-order valence-electron chi connectivity index (χ2n) is 5.70. The van der Waals surface area contributed by atoms with Gasteiger partial charge >= 0.3 is 0 Å². The van der Waals surface area contributed by atoms with Crippen molar-refractivity contribution in [2.24, 2.45) is 5.92 Å². The average Bonchev–Trinajstić information content (AvgIpc) is 2.79. The van der Waals surface area contributed by atoms with Gasteiger partial charge in [-0.05, 0) is 59.5 Å². The summed E-state index contributed by atoms with van der Waals surface area (Å²) in [6.07, 6.45) is 5.44. The first-order valence-corrected chi connectivity index (χ1v) is 7.97. The Labute approximate surface area is 124 Å². The smallest absolute Gasteiger partial charge is 0.0506 e. The van der Waals surface area contributed by atoms with Crippen LogP contribution in [0, 0.1) is 9.49 Å². The Morgan fingerprint density at radius 2 is 2.00 bits per heavy atom. The highest BCUT2D eigenvalue weighted by Crippen LogP contribution is 2.32. The van der Waals surface area contributed by atoms with E-state index in [9.17, 15) is 0 Å². The first kappa shape index (κ1) is 14.0. The Morgan fingerprint density at radius 1 is 1.33 bits per heavy atom. The molecular weight excluding hydrogens is 335 g/mol. The van der Waals surface area contributed by atoms with Crippen LogP contribution < -0.4 is 10.6 Å². The first-order chi connectivity index (χ1) is 8.58. The molecule has 100 valence electrons. The van der Waals surface area contributed by atoms with Crippen LogP contribution in [0.2, 0.25) is 0 Å². The van der Waals surface area contributed by atoms with E-state index in [0.717, 1.165) is 18.3 Å². The molecule has 0 radical (unpaired) electrons. The van der Waals surface area contributed by atoms with E-state index in [-0.39, 0.29) is 0 Å². The number of hydrogen-bond acceptors (Lipinski definition) is 2. The number of nitrogen functional groups attached to an aromatic ring is 1. The molecule has 1 fully saturated rings. The molecule has 2 rings (SSSR count). The summed E-state index contributed by atoms with van der Waals surface area (Å²) in [4.78, 5) is 2.61. The predicted octanol–water partition coefficient (Wildman–Crippen LogP) is 4.28. The summed E-state index contributed by atoms with van der Waals surface area (Å²) in [6, 6.07) is 7.03. The van der Waals surface area contributed by atoms with Gasteiger partial charge in [0.05, 0.1) is 5.69 Å². The lowest BCUT2D eigenvalue weighted by Crippen LogP contribution is -2.36. The van der Waals surface area contributed by atoms with Gasteiger partial charge in [0.25, 0.3) is 0 Å². The molecule has 2 nitrogen and oxygen atoms in total. The van der Waals surface area contributed by atoms with Gasteiger partial charge in [-0.25, -0.2) is 0 Å². The summed E-state index contributed by atoms with van der Waals surface area (Å²) < 4.78 is 1.28. The van der Waals surface area contributed by atoms with Crippen molar-refractivity contribution in [3.05, 3.63) is 21.8 Å². The van der Waals surface area contributed by atoms with Gasteiger partial charge in [-0.3, -0.25) is 0 Å². The lowest BCUT2D eigenvalue weighted by molar-refractivity contribution is 0.535. The van der Waals surface area contributed by atoms with Gasteiger partial charge in [0, 0.05) is 21.8 Å². The minimum absolute atomic E-state index is 0.693. The molecule has 0 amide bonds. The number of nitrogens with zero attached hydrogens (tertiary/aromatic N) is 1. The van der Waals surface area contributed by atoms with Gasteiger partial charge in [-0.1, -0.05) is 26.7 Å². The molecule has 3 heteroatoms. The number of rotatable bonds is 4. The highest BCUT2D eigenvalue weighted by atomic mass is 127. The van der Waals surface area contributed by atoms with Crippen molar-refractivity contribution in [3.63, 3.8) is 0 Å². The second-order valence-corrected chi connectivity index (χ2v) is 6.86. The fraction of sp³-hybridized carbons (Fsp3) is 0.600. The van der Waals surface area contributed by atoms with E-state index < -0.39 is 0 Å². The lowest BCUT2D eigenvalue weighted by Gasteiger charge is -2.33. The van der Waals surface area contributed by atoms with Crippen LogP contribution in [0.25, 0.3) is 0 Å². The zero-order valence-electron chi connectivity index (χ0n) is 11.3. The molecule has 0 bridgehead atoms. The molecule has 0 spiro atoms. The second kappa shape index (κ2) is 6.13. The molecule has 18 heavy (non-hydrogen) atoms. The molecule has 1 aliphatic rings. The third-order valence-electron chi connectivity index (χ3n) is 3.61. The molecule has 1 aromatic carbocycles. The summed E-state index contributed by atoms with van der Waals surface area (Å²) in [5.74, 6) is 0.693. The molecular formula is C15H23IN2. The predicted molar refractivity (Wildman–Crippen MR) is 88.0 cm³/mol. The van der Waals surface area contributed by atoms with Crippen molar-refractivity contribution in [1.82, 2.24) is 0 Å². The van der Waals surface area contributed by atoms with Gasteiger partial charge < -0.3 is 10.6 Å². The monoisotopic (exact) mass is 358 g/mol. The standard InChI is InChI=1S/C15H23IN2/c1-11(2)10-18(13-5-3-4-6-13)15-8-7-12(17)9-14(15)16/h7-9,11,13H,3-6,10,17H2,1-2H3. The normalized spacial score (nSPS) is 16.4. The number of halogens is 1. The van der Waals surface area contributed by atoms with Crippen molar-refractivity contribution >= 4 is 34.0 Å². The zero-order chi connectivity index (χ0) is 13.1. The summed E-state index contributed by atoms with van der Waals surface area (Å²) in [6.45, 7) is 5.74. The minimum Gasteiger partial charge on any atom is -0.399 e. The first-order valence-electron chi connectivity index (χ1n) is 6.89. The summed E-state index contributed by atoms with van der Waals surface area (Å²) in [5, 5.41) is 0. The number of anilines is 2. The maximum atomic E-state index is 5.86. The van der Waals surface area contributed by atoms with Crippen molar-refractivity contribution in [3.8, 4) is 0 Å². The van der Waals surface area contributed by atoms with E-state index in [1.165, 1.54) is 34.9 Å². The molecule has 0 aromatic heterocycles. The fourth-order valence-corrected chi connectivity index (χ4v) is 3.66. The molecule has 0 saturated heterocycles. The van der Waals surface area contributed by atoms with Crippen molar-refractivity contribution in [1.29, 1.82) is 0 Å². The van der Waals surface area contributed by atoms with Gasteiger partial charge in [-0.15, -0.1) is 0 Å². The van der Waals surface area contributed by atoms with Crippen molar-refractivity contribution < 1.29 is 0 Å². The SMILES string of the molecule is CC(C)CN(c1ccc(N)cc1I)C1CCCC1. The van der Waals surface area contributed by atoms with E-state index >= 15 is 0 Å². The molecule has 1 aliphatic carbocycles. The zero-order valence-corrected chi connectivity index (χ0v) is 13.5. The van der Waals surface area contributed by atoms with Crippen LogP contribution in [0.4, 0.5) is 11.4 Å². The largest absolute Gasteiger partial charge is 0.399 e. The molecule has 1 saturated carbocycles. The molecule has 0 heterocycles. The molecule has 2 N–H and O–H groups in total. The average molecular weight is 358 g/mol. The maximum Gasteiger partial charge on any atom is 0.0506 e. The number of hydrogen-bond donors (Lipinski definition) is 1. The Hall–Kier alpha value is -0.450. The van der Waals surface area contributed by atoms with Crippen LogP contribution in [0.1, 0.15) is 39.5 Å². The Balaban J connectivity index is 2.26.